The Morgan fingerprint density at radius 1 is 1.21 bits per heavy atom. The third-order valence-corrected chi connectivity index (χ3v) is 5.01. The fourth-order valence-electron chi connectivity index (χ4n) is 3.62. The molecule has 3 heterocycles. The average Bonchev–Trinajstić information content (AvgIpc) is 3.18. The molecule has 0 bridgehead atoms. The van der Waals surface area contributed by atoms with Crippen LogP contribution in [0.2, 0.25) is 0 Å². The van der Waals surface area contributed by atoms with E-state index in [1.54, 1.807) is 4.90 Å². The minimum absolute atomic E-state index is 0.133. The van der Waals surface area contributed by atoms with Crippen LogP contribution in [0.1, 0.15) is 32.3 Å². The van der Waals surface area contributed by atoms with E-state index in [1.165, 1.54) is 0 Å². The summed E-state index contributed by atoms with van der Waals surface area (Å²) in [5.41, 5.74) is 1.67. The van der Waals surface area contributed by atoms with Crippen LogP contribution in [0, 0.1) is 0 Å². The zero-order valence-corrected chi connectivity index (χ0v) is 14.3. The first kappa shape index (κ1) is 15.7. The first-order chi connectivity index (χ1) is 11.5. The van der Waals surface area contributed by atoms with Crippen LogP contribution >= 0.6 is 0 Å². The lowest BCUT2D eigenvalue weighted by atomic mass is 9.94. The summed E-state index contributed by atoms with van der Waals surface area (Å²) >= 11 is 0. The second kappa shape index (κ2) is 5.63. The summed E-state index contributed by atoms with van der Waals surface area (Å²) < 4.78 is 17.5. The summed E-state index contributed by atoms with van der Waals surface area (Å²) in [5, 5.41) is 3.01. The lowest BCUT2D eigenvalue weighted by molar-refractivity contribution is -0.143. The van der Waals surface area contributed by atoms with E-state index in [1.807, 2.05) is 12.1 Å². The van der Waals surface area contributed by atoms with Gasteiger partial charge in [-0.3, -0.25) is 0 Å². The third kappa shape index (κ3) is 2.84. The molecule has 4 rings (SSSR count). The van der Waals surface area contributed by atoms with Gasteiger partial charge in [-0.05, 0) is 38.3 Å². The maximum atomic E-state index is 12.7. The standard InChI is InChI=1S/C18H24N2O4/c1-17(2)7-6-13-4-3-5-14(15(13)24-17)19-16(21)20-9-8-18(12-20)22-10-11-23-18/h3-5H,6-12H2,1-2H3,(H,19,21). The van der Waals surface area contributed by atoms with Crippen molar-refractivity contribution in [1.82, 2.24) is 4.90 Å². The molecule has 1 N–H and O–H groups in total. The van der Waals surface area contributed by atoms with E-state index in [4.69, 9.17) is 14.2 Å². The summed E-state index contributed by atoms with van der Waals surface area (Å²) in [4.78, 5) is 14.4. The SMILES string of the molecule is CC1(C)CCc2cccc(NC(=O)N3CCC4(C3)OCCO4)c2O1. The molecule has 2 saturated heterocycles. The molecule has 0 aliphatic carbocycles. The molecule has 130 valence electrons. The normalized spacial score (nSPS) is 23.8. The quantitative estimate of drug-likeness (QED) is 0.859. The van der Waals surface area contributed by atoms with Gasteiger partial charge in [0, 0.05) is 13.0 Å². The predicted molar refractivity (Wildman–Crippen MR) is 89.3 cm³/mol. The second-order valence-electron chi connectivity index (χ2n) is 7.36. The fraction of sp³-hybridized carbons (Fsp3) is 0.611. The monoisotopic (exact) mass is 332 g/mol. The number of para-hydroxylation sites is 1. The Morgan fingerprint density at radius 2 is 2.00 bits per heavy atom. The van der Waals surface area contributed by atoms with Crippen molar-refractivity contribution in [2.24, 2.45) is 0 Å². The fourth-order valence-corrected chi connectivity index (χ4v) is 3.62. The number of carbonyl (C=O) groups is 1. The van der Waals surface area contributed by atoms with Crippen LogP contribution in [0.4, 0.5) is 10.5 Å². The van der Waals surface area contributed by atoms with Gasteiger partial charge < -0.3 is 24.4 Å². The van der Waals surface area contributed by atoms with Gasteiger partial charge in [0.05, 0.1) is 25.4 Å². The maximum absolute atomic E-state index is 12.7. The molecule has 6 nitrogen and oxygen atoms in total. The van der Waals surface area contributed by atoms with E-state index in [0.29, 0.717) is 26.3 Å². The molecule has 0 radical (unpaired) electrons. The predicted octanol–water partition coefficient (Wildman–Crippen LogP) is 2.77. The largest absolute Gasteiger partial charge is 0.485 e. The van der Waals surface area contributed by atoms with Crippen molar-refractivity contribution in [3.05, 3.63) is 23.8 Å². The molecule has 1 spiro atoms. The Kier molecular flexibility index (Phi) is 3.69. The summed E-state index contributed by atoms with van der Waals surface area (Å²) in [6.45, 7) is 6.46. The Bertz CT molecular complexity index is 652. The number of hydrogen-bond donors (Lipinski definition) is 1. The molecule has 0 aromatic heterocycles. The van der Waals surface area contributed by atoms with Gasteiger partial charge in [-0.15, -0.1) is 0 Å². The first-order valence-corrected chi connectivity index (χ1v) is 8.61. The number of fused-ring (bicyclic) bond motifs is 1. The number of nitrogens with one attached hydrogen (secondary N) is 1. The van der Waals surface area contributed by atoms with Gasteiger partial charge in [0.2, 0.25) is 0 Å². The van der Waals surface area contributed by atoms with E-state index in [9.17, 15) is 4.79 Å². The number of hydrogen-bond acceptors (Lipinski definition) is 4. The molecule has 1 aromatic carbocycles. The molecule has 3 aliphatic rings. The molecule has 2 fully saturated rings. The molecule has 6 heteroatoms. The van der Waals surface area contributed by atoms with Crippen LogP contribution in [-0.2, 0) is 15.9 Å². The summed E-state index contributed by atoms with van der Waals surface area (Å²) in [6.07, 6.45) is 2.65. The third-order valence-electron chi connectivity index (χ3n) is 5.01. The number of aryl methyl sites for hydroxylation is 1. The summed E-state index contributed by atoms with van der Waals surface area (Å²) in [7, 11) is 0. The second-order valence-corrected chi connectivity index (χ2v) is 7.36. The van der Waals surface area contributed by atoms with Crippen molar-refractivity contribution in [2.75, 3.05) is 31.6 Å². The molecule has 24 heavy (non-hydrogen) atoms. The van der Waals surface area contributed by atoms with Crippen molar-refractivity contribution in [2.45, 2.75) is 44.5 Å². The highest BCUT2D eigenvalue weighted by atomic mass is 16.7. The number of rotatable bonds is 1. The van der Waals surface area contributed by atoms with Gasteiger partial charge in [-0.2, -0.15) is 0 Å². The van der Waals surface area contributed by atoms with Crippen LogP contribution in [0.15, 0.2) is 18.2 Å². The lowest BCUT2D eigenvalue weighted by Crippen LogP contribution is -2.39. The molecule has 2 amide bonds. The van der Waals surface area contributed by atoms with Crippen LogP contribution in [0.25, 0.3) is 0 Å². The Balaban J connectivity index is 1.49. The number of urea groups is 1. The Labute approximate surface area is 142 Å². The van der Waals surface area contributed by atoms with E-state index in [0.717, 1.165) is 36.3 Å². The molecule has 0 saturated carbocycles. The summed E-state index contributed by atoms with van der Waals surface area (Å²) in [6, 6.07) is 5.79. The van der Waals surface area contributed by atoms with E-state index >= 15 is 0 Å². The van der Waals surface area contributed by atoms with E-state index < -0.39 is 5.79 Å². The number of carbonyl (C=O) groups excluding carboxylic acids is 1. The number of anilines is 1. The van der Waals surface area contributed by atoms with Gasteiger partial charge in [-0.1, -0.05) is 12.1 Å². The highest BCUT2D eigenvalue weighted by Crippen LogP contribution is 2.39. The van der Waals surface area contributed by atoms with Crippen molar-refractivity contribution in [1.29, 1.82) is 0 Å². The molecule has 3 aliphatic heterocycles. The number of benzene rings is 1. The van der Waals surface area contributed by atoms with Crippen LogP contribution in [-0.4, -0.2) is 48.6 Å². The van der Waals surface area contributed by atoms with Crippen molar-refractivity contribution < 1.29 is 19.0 Å². The van der Waals surface area contributed by atoms with E-state index in [-0.39, 0.29) is 11.6 Å². The van der Waals surface area contributed by atoms with Gasteiger partial charge in [0.25, 0.3) is 0 Å². The molecular formula is C18H24N2O4. The summed E-state index contributed by atoms with van der Waals surface area (Å²) in [5.74, 6) is 0.204. The van der Waals surface area contributed by atoms with Crippen molar-refractivity contribution in [3.8, 4) is 5.75 Å². The zero-order valence-electron chi connectivity index (χ0n) is 14.3. The minimum Gasteiger partial charge on any atom is -0.485 e. The van der Waals surface area contributed by atoms with Gasteiger partial charge >= 0.3 is 6.03 Å². The lowest BCUT2D eigenvalue weighted by Gasteiger charge is -2.34. The van der Waals surface area contributed by atoms with Gasteiger partial charge in [0.15, 0.2) is 5.79 Å². The Hall–Kier alpha value is -1.79. The molecule has 0 unspecified atom stereocenters. The van der Waals surface area contributed by atoms with E-state index in [2.05, 4.69) is 25.2 Å². The van der Waals surface area contributed by atoms with Crippen molar-refractivity contribution in [3.63, 3.8) is 0 Å². The maximum Gasteiger partial charge on any atom is 0.322 e. The van der Waals surface area contributed by atoms with Crippen LogP contribution in [0.3, 0.4) is 0 Å². The zero-order chi connectivity index (χ0) is 16.8. The Morgan fingerprint density at radius 3 is 2.79 bits per heavy atom. The molecule has 0 atom stereocenters. The van der Waals surface area contributed by atoms with Gasteiger partial charge in [0.1, 0.15) is 11.4 Å². The average molecular weight is 332 g/mol. The molecular weight excluding hydrogens is 308 g/mol. The number of likely N-dealkylation sites (tertiary alicyclic amines) is 1. The van der Waals surface area contributed by atoms with Crippen molar-refractivity contribution >= 4 is 11.7 Å². The topological polar surface area (TPSA) is 60.0 Å². The molecule has 1 aromatic rings. The van der Waals surface area contributed by atoms with Gasteiger partial charge in [-0.25, -0.2) is 4.79 Å². The number of amides is 2. The van der Waals surface area contributed by atoms with Crippen LogP contribution in [0.5, 0.6) is 5.75 Å². The highest BCUT2D eigenvalue weighted by molar-refractivity contribution is 5.91. The number of ether oxygens (including phenoxy) is 3. The minimum atomic E-state index is -0.591. The number of nitrogens with zero attached hydrogens (tertiary/aromatic N) is 1. The highest BCUT2D eigenvalue weighted by Gasteiger charge is 2.45. The smallest absolute Gasteiger partial charge is 0.322 e. The van der Waals surface area contributed by atoms with Crippen LogP contribution < -0.4 is 10.1 Å². The first-order valence-electron chi connectivity index (χ1n) is 8.61.